The zero-order valence-corrected chi connectivity index (χ0v) is 14.1. The van der Waals surface area contributed by atoms with Gasteiger partial charge in [0.05, 0.1) is 0 Å². The van der Waals surface area contributed by atoms with Crippen molar-refractivity contribution in [2.75, 3.05) is 29.2 Å². The van der Waals surface area contributed by atoms with Crippen molar-refractivity contribution in [2.24, 2.45) is 0 Å². The van der Waals surface area contributed by atoms with Crippen LogP contribution in [-0.2, 0) is 0 Å². The molecule has 1 aliphatic rings. The minimum atomic E-state index is 0.554. The van der Waals surface area contributed by atoms with Crippen molar-refractivity contribution in [2.45, 2.75) is 49.6 Å². The van der Waals surface area contributed by atoms with Crippen molar-refractivity contribution in [3.05, 3.63) is 6.07 Å². The Hall–Kier alpha value is -0.620. The molecule has 0 amide bonds. The standard InChI is InChI=1S/C14H24N4S2/c1-4-15-12-9-13(18-14(17-12)19-3)16-10-6-7-11(8-10)20-5-2/h9-11H,4-8H2,1-3H3,(H2,15,16,17,18). The third kappa shape index (κ3) is 4.45. The van der Waals surface area contributed by atoms with Crippen LogP contribution in [0.15, 0.2) is 11.2 Å². The van der Waals surface area contributed by atoms with Crippen molar-refractivity contribution in [3.8, 4) is 0 Å². The fraction of sp³-hybridized carbons (Fsp3) is 0.714. The van der Waals surface area contributed by atoms with Gasteiger partial charge in [-0.1, -0.05) is 18.7 Å². The fourth-order valence-electron chi connectivity index (χ4n) is 2.53. The molecular weight excluding hydrogens is 288 g/mol. The van der Waals surface area contributed by atoms with Gasteiger partial charge in [-0.05, 0) is 38.2 Å². The molecular formula is C14H24N4S2. The molecule has 2 rings (SSSR count). The van der Waals surface area contributed by atoms with E-state index in [4.69, 9.17) is 0 Å². The lowest BCUT2D eigenvalue weighted by atomic mass is 10.2. The average molecular weight is 313 g/mol. The minimum absolute atomic E-state index is 0.554. The van der Waals surface area contributed by atoms with Crippen molar-refractivity contribution >= 4 is 35.2 Å². The van der Waals surface area contributed by atoms with Crippen molar-refractivity contribution in [1.82, 2.24) is 9.97 Å². The number of hydrogen-bond donors (Lipinski definition) is 2. The normalized spacial score (nSPS) is 21.9. The van der Waals surface area contributed by atoms with Crippen molar-refractivity contribution in [1.29, 1.82) is 0 Å². The lowest BCUT2D eigenvalue weighted by Gasteiger charge is -2.15. The molecule has 1 aliphatic carbocycles. The number of nitrogens with zero attached hydrogens (tertiary/aromatic N) is 2. The highest BCUT2D eigenvalue weighted by atomic mass is 32.2. The molecule has 1 fully saturated rings. The summed E-state index contributed by atoms with van der Waals surface area (Å²) in [5, 5.41) is 8.49. The van der Waals surface area contributed by atoms with Crippen LogP contribution in [0.5, 0.6) is 0 Å². The molecule has 0 aliphatic heterocycles. The summed E-state index contributed by atoms with van der Waals surface area (Å²) < 4.78 is 0. The Morgan fingerprint density at radius 2 is 2.05 bits per heavy atom. The Kier molecular flexibility index (Phi) is 6.29. The van der Waals surface area contributed by atoms with Crippen LogP contribution in [-0.4, -0.2) is 39.8 Å². The predicted molar refractivity (Wildman–Crippen MR) is 91.2 cm³/mol. The first-order chi connectivity index (χ1) is 9.75. The van der Waals surface area contributed by atoms with E-state index >= 15 is 0 Å². The summed E-state index contributed by atoms with van der Waals surface area (Å²) in [5.41, 5.74) is 0. The Labute approximate surface area is 130 Å². The quantitative estimate of drug-likeness (QED) is 0.591. The van der Waals surface area contributed by atoms with Gasteiger partial charge >= 0.3 is 0 Å². The molecule has 2 N–H and O–H groups in total. The molecule has 4 nitrogen and oxygen atoms in total. The van der Waals surface area contributed by atoms with Crippen LogP contribution >= 0.6 is 23.5 Å². The van der Waals surface area contributed by atoms with Gasteiger partial charge in [0.2, 0.25) is 0 Å². The molecule has 2 atom stereocenters. The molecule has 1 saturated carbocycles. The van der Waals surface area contributed by atoms with E-state index < -0.39 is 0 Å². The van der Waals surface area contributed by atoms with Gasteiger partial charge in [-0.25, -0.2) is 9.97 Å². The predicted octanol–water partition coefficient (Wildman–Crippen LogP) is 3.72. The summed E-state index contributed by atoms with van der Waals surface area (Å²) >= 11 is 3.67. The van der Waals surface area contributed by atoms with Crippen LogP contribution in [0.1, 0.15) is 33.1 Å². The highest BCUT2D eigenvalue weighted by Crippen LogP contribution is 2.31. The number of hydrogen-bond acceptors (Lipinski definition) is 6. The Morgan fingerprint density at radius 1 is 1.25 bits per heavy atom. The highest BCUT2D eigenvalue weighted by Gasteiger charge is 2.24. The number of anilines is 2. The number of rotatable bonds is 7. The number of aromatic nitrogens is 2. The monoisotopic (exact) mass is 312 g/mol. The average Bonchev–Trinajstić information content (AvgIpc) is 2.86. The molecule has 0 aromatic carbocycles. The molecule has 6 heteroatoms. The van der Waals surface area contributed by atoms with E-state index in [1.807, 2.05) is 12.3 Å². The van der Waals surface area contributed by atoms with E-state index in [0.29, 0.717) is 6.04 Å². The van der Waals surface area contributed by atoms with Crippen LogP contribution in [0.2, 0.25) is 0 Å². The largest absolute Gasteiger partial charge is 0.370 e. The second-order valence-corrected chi connectivity index (χ2v) is 7.24. The third-order valence-electron chi connectivity index (χ3n) is 3.38. The van der Waals surface area contributed by atoms with E-state index in [-0.39, 0.29) is 0 Å². The van der Waals surface area contributed by atoms with Gasteiger partial charge in [0, 0.05) is 23.9 Å². The molecule has 112 valence electrons. The third-order valence-corrected chi connectivity index (χ3v) is 5.17. The van der Waals surface area contributed by atoms with Crippen molar-refractivity contribution < 1.29 is 0 Å². The topological polar surface area (TPSA) is 49.8 Å². The summed E-state index contributed by atoms with van der Waals surface area (Å²) in [6.07, 6.45) is 5.81. The van der Waals surface area contributed by atoms with E-state index in [0.717, 1.165) is 28.6 Å². The second kappa shape index (κ2) is 7.98. The molecule has 2 unspecified atom stereocenters. The lowest BCUT2D eigenvalue weighted by Crippen LogP contribution is -2.17. The van der Waals surface area contributed by atoms with Crippen LogP contribution in [0, 0.1) is 0 Å². The second-order valence-electron chi connectivity index (χ2n) is 4.89. The lowest BCUT2D eigenvalue weighted by molar-refractivity contribution is 0.747. The zero-order chi connectivity index (χ0) is 14.4. The maximum Gasteiger partial charge on any atom is 0.191 e. The van der Waals surface area contributed by atoms with Crippen LogP contribution in [0.4, 0.5) is 11.6 Å². The first-order valence-corrected chi connectivity index (χ1v) is 9.57. The van der Waals surface area contributed by atoms with Gasteiger partial charge in [0.15, 0.2) is 5.16 Å². The molecule has 1 aromatic rings. The van der Waals surface area contributed by atoms with Crippen LogP contribution in [0.3, 0.4) is 0 Å². The van der Waals surface area contributed by atoms with Crippen LogP contribution < -0.4 is 10.6 Å². The van der Waals surface area contributed by atoms with E-state index in [1.165, 1.54) is 25.0 Å². The SMILES string of the molecule is CCNc1cc(NC2CCC(SCC)C2)nc(SC)n1. The van der Waals surface area contributed by atoms with Gasteiger partial charge in [0.25, 0.3) is 0 Å². The van der Waals surface area contributed by atoms with Gasteiger partial charge in [-0.3, -0.25) is 0 Å². The molecule has 20 heavy (non-hydrogen) atoms. The van der Waals surface area contributed by atoms with Gasteiger partial charge in [-0.15, -0.1) is 0 Å². The Morgan fingerprint density at radius 3 is 2.75 bits per heavy atom. The van der Waals surface area contributed by atoms with Gasteiger partial charge in [-0.2, -0.15) is 11.8 Å². The Bertz CT molecular complexity index is 428. The highest BCUT2D eigenvalue weighted by molar-refractivity contribution is 7.99. The first-order valence-electron chi connectivity index (χ1n) is 7.30. The van der Waals surface area contributed by atoms with Gasteiger partial charge in [0.1, 0.15) is 11.6 Å². The molecule has 0 spiro atoms. The summed E-state index contributed by atoms with van der Waals surface area (Å²) in [4.78, 5) is 9.02. The minimum Gasteiger partial charge on any atom is -0.370 e. The Balaban J connectivity index is 1.99. The van der Waals surface area contributed by atoms with Gasteiger partial charge < -0.3 is 10.6 Å². The summed E-state index contributed by atoms with van der Waals surface area (Å²) in [6, 6.07) is 2.57. The first kappa shape index (κ1) is 15.8. The van der Waals surface area contributed by atoms with E-state index in [9.17, 15) is 0 Å². The molecule has 0 bridgehead atoms. The number of nitrogens with one attached hydrogen (secondary N) is 2. The molecule has 0 saturated heterocycles. The van der Waals surface area contributed by atoms with Crippen LogP contribution in [0.25, 0.3) is 0 Å². The summed E-state index contributed by atoms with van der Waals surface area (Å²) in [5.74, 6) is 3.07. The van der Waals surface area contributed by atoms with E-state index in [2.05, 4.69) is 46.2 Å². The molecule has 0 radical (unpaired) electrons. The zero-order valence-electron chi connectivity index (χ0n) is 12.5. The van der Waals surface area contributed by atoms with Crippen molar-refractivity contribution in [3.63, 3.8) is 0 Å². The smallest absolute Gasteiger partial charge is 0.191 e. The summed E-state index contributed by atoms with van der Waals surface area (Å²) in [7, 11) is 0. The fourth-order valence-corrected chi connectivity index (χ4v) is 4.05. The maximum atomic E-state index is 4.56. The summed E-state index contributed by atoms with van der Waals surface area (Å²) in [6.45, 7) is 5.20. The molecule has 1 aromatic heterocycles. The molecule has 1 heterocycles. The maximum absolute atomic E-state index is 4.56. The van der Waals surface area contributed by atoms with E-state index in [1.54, 1.807) is 11.8 Å². The number of thioether (sulfide) groups is 2.